The van der Waals surface area contributed by atoms with Gasteiger partial charge in [-0.05, 0) is 38.1 Å². The van der Waals surface area contributed by atoms with E-state index in [9.17, 15) is 0 Å². The topological polar surface area (TPSA) is 88.5 Å². The second kappa shape index (κ2) is 6.59. The van der Waals surface area contributed by atoms with Crippen LogP contribution in [0.3, 0.4) is 0 Å². The van der Waals surface area contributed by atoms with Crippen molar-refractivity contribution in [3.63, 3.8) is 0 Å². The van der Waals surface area contributed by atoms with Gasteiger partial charge >= 0.3 is 0 Å². The Morgan fingerprint density at radius 1 is 0.964 bits per heavy atom. The Hall–Kier alpha value is -3.49. The van der Waals surface area contributed by atoms with Gasteiger partial charge < -0.3 is 14.2 Å². The number of aryl methyl sites for hydroxylation is 1. The molecule has 0 spiro atoms. The monoisotopic (exact) mass is 376 g/mol. The Labute approximate surface area is 161 Å². The van der Waals surface area contributed by atoms with E-state index in [2.05, 4.69) is 42.0 Å². The first-order chi connectivity index (χ1) is 13.7. The van der Waals surface area contributed by atoms with E-state index in [1.807, 2.05) is 35.7 Å². The molecule has 1 aliphatic rings. The highest BCUT2D eigenvalue weighted by atomic mass is 16.3. The Morgan fingerprint density at radius 3 is 2.50 bits per heavy atom. The number of nitrogens with zero attached hydrogens (tertiary/aromatic N) is 8. The molecular weight excluding hydrogens is 356 g/mol. The number of hydrogen-bond acceptors (Lipinski definition) is 8. The second-order valence-electron chi connectivity index (χ2n) is 6.85. The maximum Gasteiger partial charge on any atom is 0.254 e. The molecule has 4 aromatic heterocycles. The van der Waals surface area contributed by atoms with E-state index in [0.717, 1.165) is 60.5 Å². The third kappa shape index (κ3) is 2.75. The molecule has 0 amide bonds. The third-order valence-electron chi connectivity index (χ3n) is 5.20. The summed E-state index contributed by atoms with van der Waals surface area (Å²) >= 11 is 0. The summed E-state index contributed by atoms with van der Waals surface area (Å²) in [5.41, 5.74) is 2.86. The lowest BCUT2D eigenvalue weighted by Gasteiger charge is -2.37. The fourth-order valence-corrected chi connectivity index (χ4v) is 3.58. The molecule has 0 atom stereocenters. The van der Waals surface area contributed by atoms with Gasteiger partial charge in [-0.3, -0.25) is 0 Å². The molecule has 1 aliphatic heterocycles. The molecule has 4 aromatic rings. The molecule has 0 unspecified atom stereocenters. The van der Waals surface area contributed by atoms with Gasteiger partial charge in [0.2, 0.25) is 0 Å². The summed E-state index contributed by atoms with van der Waals surface area (Å²) in [6, 6.07) is 7.67. The van der Waals surface area contributed by atoms with Crippen molar-refractivity contribution in [2.24, 2.45) is 0 Å². The van der Waals surface area contributed by atoms with Crippen LogP contribution in [0.15, 0.2) is 41.3 Å². The van der Waals surface area contributed by atoms with Gasteiger partial charge in [0.05, 0.1) is 6.26 Å². The van der Waals surface area contributed by atoms with E-state index in [0.29, 0.717) is 5.78 Å². The number of furan rings is 1. The molecule has 0 bridgehead atoms. The quantitative estimate of drug-likeness (QED) is 0.537. The number of anilines is 2. The zero-order chi connectivity index (χ0) is 19.1. The van der Waals surface area contributed by atoms with Crippen molar-refractivity contribution >= 4 is 17.4 Å². The third-order valence-corrected chi connectivity index (χ3v) is 5.20. The van der Waals surface area contributed by atoms with Gasteiger partial charge in [-0.15, -0.1) is 10.2 Å². The Bertz CT molecular complexity index is 1100. The Morgan fingerprint density at radius 2 is 1.79 bits per heavy atom. The smallest absolute Gasteiger partial charge is 0.254 e. The minimum atomic E-state index is 0.639. The molecule has 1 fully saturated rings. The lowest BCUT2D eigenvalue weighted by Crippen LogP contribution is -2.47. The maximum absolute atomic E-state index is 5.38. The molecule has 28 heavy (non-hydrogen) atoms. The van der Waals surface area contributed by atoms with Crippen molar-refractivity contribution in [1.29, 1.82) is 0 Å². The van der Waals surface area contributed by atoms with Gasteiger partial charge in [0.1, 0.15) is 17.8 Å². The van der Waals surface area contributed by atoms with Crippen LogP contribution in [0.5, 0.6) is 0 Å². The summed E-state index contributed by atoms with van der Waals surface area (Å²) in [6.07, 6.45) is 3.19. The molecule has 1 saturated heterocycles. The minimum absolute atomic E-state index is 0.639. The van der Waals surface area contributed by atoms with Gasteiger partial charge in [-0.2, -0.15) is 14.6 Å². The predicted octanol–water partition coefficient (Wildman–Crippen LogP) is 2.12. The highest BCUT2D eigenvalue weighted by Crippen LogP contribution is 2.25. The first-order valence-electron chi connectivity index (χ1n) is 9.25. The van der Waals surface area contributed by atoms with Crippen molar-refractivity contribution in [1.82, 2.24) is 29.8 Å². The van der Waals surface area contributed by atoms with Crippen molar-refractivity contribution in [3.05, 3.63) is 48.1 Å². The summed E-state index contributed by atoms with van der Waals surface area (Å²) in [7, 11) is 0. The molecule has 5 rings (SSSR count). The van der Waals surface area contributed by atoms with Crippen LogP contribution in [0.25, 0.3) is 17.2 Å². The van der Waals surface area contributed by atoms with E-state index in [-0.39, 0.29) is 0 Å². The minimum Gasteiger partial charge on any atom is -0.463 e. The number of fused-ring (bicyclic) bond motifs is 1. The van der Waals surface area contributed by atoms with E-state index < -0.39 is 0 Å². The lowest BCUT2D eigenvalue weighted by atomic mass is 10.2. The largest absolute Gasteiger partial charge is 0.463 e. The molecule has 9 heteroatoms. The molecule has 0 aromatic carbocycles. The van der Waals surface area contributed by atoms with Crippen LogP contribution >= 0.6 is 0 Å². The molecule has 0 aliphatic carbocycles. The SMILES string of the molecule is Cc1nc2ncnn2c(N2CCN(c3ccc(-c4ccco4)nn3)CC2)c1C. The van der Waals surface area contributed by atoms with Crippen LogP contribution in [0.1, 0.15) is 11.3 Å². The van der Waals surface area contributed by atoms with Crippen LogP contribution in [0.4, 0.5) is 11.6 Å². The zero-order valence-corrected chi connectivity index (χ0v) is 15.8. The summed E-state index contributed by atoms with van der Waals surface area (Å²) in [4.78, 5) is 13.3. The molecule has 0 radical (unpaired) electrons. The average Bonchev–Trinajstić information content (AvgIpc) is 3.41. The van der Waals surface area contributed by atoms with Gasteiger partial charge in [0.15, 0.2) is 11.6 Å². The summed E-state index contributed by atoms with van der Waals surface area (Å²) in [5, 5.41) is 13.1. The maximum atomic E-state index is 5.38. The number of hydrogen-bond donors (Lipinski definition) is 0. The molecule has 0 saturated carbocycles. The first kappa shape index (κ1) is 16.7. The standard InChI is InChI=1S/C19H20N8O/c1-13-14(2)22-19-20-12-21-27(19)18(13)26-9-7-25(8-10-26)17-6-5-15(23-24-17)16-4-3-11-28-16/h3-6,11-12H,7-10H2,1-2H3. The lowest BCUT2D eigenvalue weighted by molar-refractivity contribution is 0.578. The van der Waals surface area contributed by atoms with E-state index in [1.165, 1.54) is 0 Å². The first-order valence-corrected chi connectivity index (χ1v) is 9.25. The molecular formula is C19H20N8O. The van der Waals surface area contributed by atoms with E-state index in [4.69, 9.17) is 4.42 Å². The fourth-order valence-electron chi connectivity index (χ4n) is 3.58. The van der Waals surface area contributed by atoms with Crippen LogP contribution in [-0.2, 0) is 0 Å². The van der Waals surface area contributed by atoms with Crippen molar-refractivity contribution in [2.45, 2.75) is 13.8 Å². The van der Waals surface area contributed by atoms with Crippen molar-refractivity contribution in [3.8, 4) is 11.5 Å². The highest BCUT2D eigenvalue weighted by molar-refractivity contribution is 5.56. The van der Waals surface area contributed by atoms with Gasteiger partial charge in [0.25, 0.3) is 5.78 Å². The molecule has 5 heterocycles. The summed E-state index contributed by atoms with van der Waals surface area (Å²) in [5.74, 6) is 3.31. The average molecular weight is 376 g/mol. The fraction of sp³-hybridized carbons (Fsp3) is 0.316. The number of rotatable bonds is 3. The van der Waals surface area contributed by atoms with Gasteiger partial charge in [-0.1, -0.05) is 0 Å². The number of aromatic nitrogens is 6. The van der Waals surface area contributed by atoms with Crippen LogP contribution in [-0.4, -0.2) is 56.0 Å². The molecule has 9 nitrogen and oxygen atoms in total. The normalized spacial score (nSPS) is 14.8. The Balaban J connectivity index is 1.34. The van der Waals surface area contributed by atoms with E-state index in [1.54, 1.807) is 12.6 Å². The number of piperazine rings is 1. The van der Waals surface area contributed by atoms with Crippen molar-refractivity contribution < 1.29 is 4.42 Å². The van der Waals surface area contributed by atoms with Crippen LogP contribution in [0, 0.1) is 13.8 Å². The zero-order valence-electron chi connectivity index (χ0n) is 15.8. The Kier molecular flexibility index (Phi) is 3.92. The van der Waals surface area contributed by atoms with Gasteiger partial charge in [0, 0.05) is 37.4 Å². The van der Waals surface area contributed by atoms with Crippen molar-refractivity contribution in [2.75, 3.05) is 36.0 Å². The van der Waals surface area contributed by atoms with Gasteiger partial charge in [-0.25, -0.2) is 4.98 Å². The molecule has 142 valence electrons. The van der Waals surface area contributed by atoms with E-state index >= 15 is 0 Å². The highest BCUT2D eigenvalue weighted by Gasteiger charge is 2.23. The van der Waals surface area contributed by atoms with Crippen LogP contribution < -0.4 is 9.80 Å². The van der Waals surface area contributed by atoms with Crippen LogP contribution in [0.2, 0.25) is 0 Å². The molecule has 0 N–H and O–H groups in total. The summed E-state index contributed by atoms with van der Waals surface area (Å²) < 4.78 is 7.21. The summed E-state index contributed by atoms with van der Waals surface area (Å²) in [6.45, 7) is 7.53. The predicted molar refractivity (Wildman–Crippen MR) is 104 cm³/mol. The second-order valence-corrected chi connectivity index (χ2v) is 6.85.